The molecule has 0 unspecified atom stereocenters. The Kier molecular flexibility index (Phi) is 3.07. The van der Waals surface area contributed by atoms with E-state index in [-0.39, 0.29) is 12.1 Å². The van der Waals surface area contributed by atoms with Gasteiger partial charge in [0, 0.05) is 18.9 Å². The molecule has 0 spiro atoms. The van der Waals surface area contributed by atoms with Gasteiger partial charge in [0.05, 0.1) is 11.7 Å². The van der Waals surface area contributed by atoms with Crippen LogP contribution in [0.4, 0.5) is 13.2 Å². The summed E-state index contributed by atoms with van der Waals surface area (Å²) >= 11 is 0. The Morgan fingerprint density at radius 3 is 2.64 bits per heavy atom. The SMILES string of the molecule is NC[C@@H](O)c1ccncc1C(F)(F)F. The normalized spacial score (nSPS) is 14.1. The minimum atomic E-state index is -4.51. The number of aromatic nitrogens is 1. The van der Waals surface area contributed by atoms with Gasteiger partial charge in [-0.25, -0.2) is 0 Å². The third kappa shape index (κ3) is 2.21. The van der Waals surface area contributed by atoms with Crippen molar-refractivity contribution in [2.75, 3.05) is 6.54 Å². The van der Waals surface area contributed by atoms with E-state index in [0.29, 0.717) is 6.20 Å². The highest BCUT2D eigenvalue weighted by atomic mass is 19.4. The maximum atomic E-state index is 12.4. The van der Waals surface area contributed by atoms with E-state index in [0.717, 1.165) is 6.07 Å². The van der Waals surface area contributed by atoms with E-state index in [1.54, 1.807) is 0 Å². The summed E-state index contributed by atoms with van der Waals surface area (Å²) in [4.78, 5) is 3.36. The summed E-state index contributed by atoms with van der Waals surface area (Å²) in [5.74, 6) is 0. The zero-order valence-corrected chi connectivity index (χ0v) is 7.12. The summed E-state index contributed by atoms with van der Waals surface area (Å²) in [5, 5.41) is 9.22. The minimum absolute atomic E-state index is 0.241. The molecule has 0 amide bonds. The van der Waals surface area contributed by atoms with Crippen LogP contribution < -0.4 is 5.73 Å². The number of aliphatic hydroxyl groups is 1. The topological polar surface area (TPSA) is 59.1 Å². The average molecular weight is 206 g/mol. The van der Waals surface area contributed by atoms with Crippen LogP contribution in [0.2, 0.25) is 0 Å². The number of hydrogen-bond donors (Lipinski definition) is 2. The molecule has 14 heavy (non-hydrogen) atoms. The molecule has 0 aliphatic rings. The number of halogens is 3. The molecule has 1 atom stereocenters. The van der Waals surface area contributed by atoms with Gasteiger partial charge < -0.3 is 10.8 Å². The zero-order chi connectivity index (χ0) is 10.8. The maximum absolute atomic E-state index is 12.4. The summed E-state index contributed by atoms with van der Waals surface area (Å²) < 4.78 is 37.1. The summed E-state index contributed by atoms with van der Waals surface area (Å²) in [6, 6.07) is 1.11. The number of nitrogens with two attached hydrogens (primary N) is 1. The molecule has 0 bridgehead atoms. The number of rotatable bonds is 2. The van der Waals surface area contributed by atoms with Crippen molar-refractivity contribution in [3.8, 4) is 0 Å². The number of alkyl halides is 3. The van der Waals surface area contributed by atoms with Crippen molar-refractivity contribution in [2.45, 2.75) is 12.3 Å². The molecule has 0 aliphatic carbocycles. The molecule has 1 aromatic heterocycles. The summed E-state index contributed by atoms with van der Waals surface area (Å²) in [6.07, 6.45) is -3.97. The highest BCUT2D eigenvalue weighted by Crippen LogP contribution is 2.33. The molecular formula is C8H9F3N2O. The second-order valence-electron chi connectivity index (χ2n) is 2.71. The average Bonchev–Trinajstić information content (AvgIpc) is 2.15. The molecular weight excluding hydrogens is 197 g/mol. The lowest BCUT2D eigenvalue weighted by Gasteiger charge is -2.15. The predicted octanol–water partition coefficient (Wildman–Crippen LogP) is 1.09. The number of hydrogen-bond acceptors (Lipinski definition) is 3. The second kappa shape index (κ2) is 3.93. The van der Waals surface area contributed by atoms with Gasteiger partial charge >= 0.3 is 6.18 Å². The predicted molar refractivity (Wildman–Crippen MR) is 43.3 cm³/mol. The van der Waals surface area contributed by atoms with Gasteiger partial charge in [0.1, 0.15) is 0 Å². The zero-order valence-electron chi connectivity index (χ0n) is 7.12. The molecule has 0 saturated carbocycles. The number of nitrogens with zero attached hydrogens (tertiary/aromatic N) is 1. The second-order valence-corrected chi connectivity index (χ2v) is 2.71. The lowest BCUT2D eigenvalue weighted by atomic mass is 10.0. The van der Waals surface area contributed by atoms with Gasteiger partial charge in [-0.3, -0.25) is 4.98 Å². The highest BCUT2D eigenvalue weighted by molar-refractivity contribution is 5.28. The number of aliphatic hydroxyl groups excluding tert-OH is 1. The monoisotopic (exact) mass is 206 g/mol. The van der Waals surface area contributed by atoms with E-state index in [2.05, 4.69) is 4.98 Å². The van der Waals surface area contributed by atoms with Crippen molar-refractivity contribution in [3.05, 3.63) is 29.6 Å². The summed E-state index contributed by atoms with van der Waals surface area (Å²) in [6.45, 7) is -0.257. The van der Waals surface area contributed by atoms with Gasteiger partial charge in [0.25, 0.3) is 0 Å². The van der Waals surface area contributed by atoms with Gasteiger partial charge in [-0.05, 0) is 11.6 Å². The van der Waals surface area contributed by atoms with Gasteiger partial charge in [0.15, 0.2) is 0 Å². The van der Waals surface area contributed by atoms with Crippen LogP contribution in [-0.4, -0.2) is 16.6 Å². The smallest absolute Gasteiger partial charge is 0.387 e. The minimum Gasteiger partial charge on any atom is -0.387 e. The Balaban J connectivity index is 3.16. The first-order valence-corrected chi connectivity index (χ1v) is 3.86. The van der Waals surface area contributed by atoms with Crippen LogP contribution in [0.1, 0.15) is 17.2 Å². The van der Waals surface area contributed by atoms with E-state index < -0.39 is 17.8 Å². The van der Waals surface area contributed by atoms with Gasteiger partial charge in [-0.15, -0.1) is 0 Å². The van der Waals surface area contributed by atoms with E-state index >= 15 is 0 Å². The van der Waals surface area contributed by atoms with Crippen molar-refractivity contribution >= 4 is 0 Å². The van der Waals surface area contributed by atoms with Crippen LogP contribution in [0.3, 0.4) is 0 Å². The molecule has 1 aromatic rings. The fourth-order valence-corrected chi connectivity index (χ4v) is 1.06. The maximum Gasteiger partial charge on any atom is 0.418 e. The molecule has 0 aromatic carbocycles. The third-order valence-electron chi connectivity index (χ3n) is 1.74. The molecule has 0 aliphatic heterocycles. The van der Waals surface area contributed by atoms with Crippen molar-refractivity contribution < 1.29 is 18.3 Å². The molecule has 0 saturated heterocycles. The Labute approximate surface area is 78.4 Å². The molecule has 6 heteroatoms. The van der Waals surface area contributed by atoms with E-state index in [9.17, 15) is 18.3 Å². The van der Waals surface area contributed by atoms with Crippen LogP contribution in [0.25, 0.3) is 0 Å². The van der Waals surface area contributed by atoms with Crippen LogP contribution in [-0.2, 0) is 6.18 Å². The Morgan fingerprint density at radius 2 is 2.14 bits per heavy atom. The van der Waals surface area contributed by atoms with Crippen LogP contribution >= 0.6 is 0 Å². The molecule has 3 nitrogen and oxygen atoms in total. The van der Waals surface area contributed by atoms with Gasteiger partial charge in [-0.2, -0.15) is 13.2 Å². The van der Waals surface area contributed by atoms with Crippen molar-refractivity contribution in [2.24, 2.45) is 5.73 Å². The lowest BCUT2D eigenvalue weighted by Crippen LogP contribution is -2.17. The summed E-state index contributed by atoms with van der Waals surface area (Å²) in [5.41, 5.74) is 3.89. The molecule has 3 N–H and O–H groups in total. The molecule has 1 rings (SSSR count). The van der Waals surface area contributed by atoms with Crippen LogP contribution in [0, 0.1) is 0 Å². The van der Waals surface area contributed by atoms with Crippen LogP contribution in [0.5, 0.6) is 0 Å². The van der Waals surface area contributed by atoms with E-state index in [4.69, 9.17) is 5.73 Å². The quantitative estimate of drug-likeness (QED) is 0.761. The Hall–Kier alpha value is -1.14. The Bertz CT molecular complexity index is 314. The third-order valence-corrected chi connectivity index (χ3v) is 1.74. The number of pyridine rings is 1. The van der Waals surface area contributed by atoms with Crippen molar-refractivity contribution in [1.29, 1.82) is 0 Å². The van der Waals surface area contributed by atoms with Gasteiger partial charge in [-0.1, -0.05) is 0 Å². The molecule has 1 heterocycles. The standard InChI is InChI=1S/C8H9F3N2O/c9-8(10,11)6-4-13-2-1-5(6)7(14)3-12/h1-2,4,7,14H,3,12H2/t7-/m1/s1. The van der Waals surface area contributed by atoms with Crippen LogP contribution in [0.15, 0.2) is 18.5 Å². The van der Waals surface area contributed by atoms with Crippen molar-refractivity contribution in [1.82, 2.24) is 4.98 Å². The molecule has 0 radical (unpaired) electrons. The fourth-order valence-electron chi connectivity index (χ4n) is 1.06. The first-order valence-electron chi connectivity index (χ1n) is 3.86. The highest BCUT2D eigenvalue weighted by Gasteiger charge is 2.34. The summed E-state index contributed by atoms with van der Waals surface area (Å²) in [7, 11) is 0. The first-order chi connectivity index (χ1) is 6.46. The fraction of sp³-hybridized carbons (Fsp3) is 0.375. The first kappa shape index (κ1) is 10.9. The van der Waals surface area contributed by atoms with E-state index in [1.807, 2.05) is 0 Å². The largest absolute Gasteiger partial charge is 0.418 e. The van der Waals surface area contributed by atoms with E-state index in [1.165, 1.54) is 6.20 Å². The molecule has 78 valence electrons. The lowest BCUT2D eigenvalue weighted by molar-refractivity contribution is -0.139. The van der Waals surface area contributed by atoms with Crippen molar-refractivity contribution in [3.63, 3.8) is 0 Å². The Morgan fingerprint density at radius 1 is 1.50 bits per heavy atom. The van der Waals surface area contributed by atoms with Gasteiger partial charge in [0.2, 0.25) is 0 Å². The molecule has 0 fully saturated rings.